The predicted molar refractivity (Wildman–Crippen MR) is 187 cm³/mol. The minimum Gasteiger partial charge on any atom is -0.493 e. The zero-order valence-corrected chi connectivity index (χ0v) is 28.3. The van der Waals surface area contributed by atoms with Crippen LogP contribution in [-0.2, 0) is 16.7 Å². The van der Waals surface area contributed by atoms with Crippen LogP contribution in [-0.4, -0.2) is 91.5 Å². The van der Waals surface area contributed by atoms with Crippen LogP contribution in [0.3, 0.4) is 0 Å². The lowest BCUT2D eigenvalue weighted by Gasteiger charge is -2.36. The van der Waals surface area contributed by atoms with Crippen molar-refractivity contribution in [2.45, 2.75) is 57.5 Å². The second-order valence-corrected chi connectivity index (χ2v) is 12.9. The molecule has 0 bridgehead atoms. The molecule has 1 unspecified atom stereocenters. The first-order chi connectivity index (χ1) is 22.9. The van der Waals surface area contributed by atoms with Gasteiger partial charge in [0.1, 0.15) is 0 Å². The summed E-state index contributed by atoms with van der Waals surface area (Å²) in [5.41, 5.74) is 4.93. The Kier molecular flexibility index (Phi) is 10.3. The number of imidazole rings is 1. The Morgan fingerprint density at radius 3 is 2.49 bits per heavy atom. The van der Waals surface area contributed by atoms with Crippen molar-refractivity contribution in [3.05, 3.63) is 83.4 Å². The minimum atomic E-state index is -0.0803. The van der Waals surface area contributed by atoms with Crippen molar-refractivity contribution in [3.63, 3.8) is 0 Å². The molecule has 9 nitrogen and oxygen atoms in total. The van der Waals surface area contributed by atoms with Crippen LogP contribution in [0.1, 0.15) is 54.1 Å². The summed E-state index contributed by atoms with van der Waals surface area (Å²) in [7, 11) is 3.24. The summed E-state index contributed by atoms with van der Waals surface area (Å²) in [5.74, 6) is 2.24. The summed E-state index contributed by atoms with van der Waals surface area (Å²) in [6.07, 6.45) is 4.09. The van der Waals surface area contributed by atoms with Crippen LogP contribution in [0.5, 0.6) is 11.5 Å². The Labute approximate surface area is 278 Å². The van der Waals surface area contributed by atoms with E-state index in [0.29, 0.717) is 42.9 Å². The summed E-state index contributed by atoms with van der Waals surface area (Å²) in [4.78, 5) is 23.4. The van der Waals surface area contributed by atoms with E-state index in [4.69, 9.17) is 19.2 Å². The third-order valence-corrected chi connectivity index (χ3v) is 10.1. The maximum absolute atomic E-state index is 13.8. The van der Waals surface area contributed by atoms with Crippen LogP contribution in [0.15, 0.2) is 66.7 Å². The van der Waals surface area contributed by atoms with E-state index in [-0.39, 0.29) is 11.3 Å². The molecule has 2 aliphatic heterocycles. The first kappa shape index (κ1) is 32.8. The lowest BCUT2D eigenvalue weighted by atomic mass is 9.76. The van der Waals surface area contributed by atoms with Crippen LogP contribution in [0.4, 0.5) is 5.95 Å². The monoisotopic (exact) mass is 639 g/mol. The molecule has 6 rings (SSSR count). The van der Waals surface area contributed by atoms with E-state index >= 15 is 0 Å². The van der Waals surface area contributed by atoms with Gasteiger partial charge in [-0.25, -0.2) is 4.98 Å². The van der Waals surface area contributed by atoms with Crippen molar-refractivity contribution in [2.75, 3.05) is 65.5 Å². The van der Waals surface area contributed by atoms with Gasteiger partial charge in [-0.2, -0.15) is 0 Å². The Hall–Kier alpha value is -4.08. The average molecular weight is 640 g/mol. The number of amides is 1. The van der Waals surface area contributed by atoms with Gasteiger partial charge in [0, 0.05) is 56.4 Å². The molecule has 2 saturated heterocycles. The van der Waals surface area contributed by atoms with Gasteiger partial charge in [0.2, 0.25) is 5.95 Å². The van der Waals surface area contributed by atoms with Gasteiger partial charge in [-0.3, -0.25) is 4.79 Å². The number of nitrogens with zero attached hydrogens (tertiary/aromatic N) is 4. The molecule has 1 amide bonds. The zero-order chi connectivity index (χ0) is 32.8. The van der Waals surface area contributed by atoms with Gasteiger partial charge in [0.15, 0.2) is 11.5 Å². The number of rotatable bonds is 13. The molecule has 0 spiro atoms. The van der Waals surface area contributed by atoms with E-state index in [1.165, 1.54) is 5.56 Å². The van der Waals surface area contributed by atoms with E-state index in [1.807, 2.05) is 36.9 Å². The smallest absolute Gasteiger partial charge is 0.254 e. The Balaban J connectivity index is 1.10. The van der Waals surface area contributed by atoms with Gasteiger partial charge in [-0.1, -0.05) is 42.5 Å². The normalized spacial score (nSPS) is 18.9. The number of carbonyl (C=O) groups excluding carboxylic acids is 1. The van der Waals surface area contributed by atoms with Crippen LogP contribution < -0.4 is 14.8 Å². The number of anilines is 1. The number of para-hydroxylation sites is 2. The number of benzene rings is 3. The fourth-order valence-electron chi connectivity index (χ4n) is 7.45. The maximum Gasteiger partial charge on any atom is 0.254 e. The molecule has 1 aromatic heterocycles. The molecule has 2 aliphatic rings. The van der Waals surface area contributed by atoms with E-state index in [0.717, 1.165) is 81.0 Å². The lowest BCUT2D eigenvalue weighted by Crippen LogP contribution is -2.42. The van der Waals surface area contributed by atoms with Crippen molar-refractivity contribution in [1.29, 1.82) is 0 Å². The largest absolute Gasteiger partial charge is 0.493 e. The molecular weight excluding hydrogens is 590 g/mol. The van der Waals surface area contributed by atoms with E-state index in [1.54, 1.807) is 14.2 Å². The number of likely N-dealkylation sites (tertiary alicyclic amines) is 2. The summed E-state index contributed by atoms with van der Waals surface area (Å²) in [6, 6.07) is 23.2. The Morgan fingerprint density at radius 2 is 1.74 bits per heavy atom. The summed E-state index contributed by atoms with van der Waals surface area (Å²) in [5, 5.41) is 3.78. The fourth-order valence-corrected chi connectivity index (χ4v) is 7.45. The number of methoxy groups -OCH3 is 2. The van der Waals surface area contributed by atoms with Crippen LogP contribution in [0, 0.1) is 6.92 Å². The zero-order valence-electron chi connectivity index (χ0n) is 28.3. The molecule has 9 heteroatoms. The summed E-state index contributed by atoms with van der Waals surface area (Å²) >= 11 is 0. The van der Waals surface area contributed by atoms with E-state index in [9.17, 15) is 4.79 Å². The predicted octanol–water partition coefficient (Wildman–Crippen LogP) is 6.15. The number of fused-ring (bicyclic) bond motifs is 1. The van der Waals surface area contributed by atoms with Crippen molar-refractivity contribution < 1.29 is 19.0 Å². The van der Waals surface area contributed by atoms with Gasteiger partial charge < -0.3 is 33.9 Å². The lowest BCUT2D eigenvalue weighted by molar-refractivity contribution is 0.0779. The molecule has 3 heterocycles. The van der Waals surface area contributed by atoms with Gasteiger partial charge in [0.05, 0.1) is 31.9 Å². The maximum atomic E-state index is 13.8. The van der Waals surface area contributed by atoms with Gasteiger partial charge in [-0.15, -0.1) is 0 Å². The minimum absolute atomic E-state index is 0.0472. The quantitative estimate of drug-likeness (QED) is 0.176. The Morgan fingerprint density at radius 1 is 0.979 bits per heavy atom. The van der Waals surface area contributed by atoms with Crippen LogP contribution in [0.25, 0.3) is 11.0 Å². The number of ether oxygens (including phenoxy) is 3. The average Bonchev–Trinajstić information content (AvgIpc) is 3.70. The van der Waals surface area contributed by atoms with Crippen molar-refractivity contribution in [2.24, 2.45) is 0 Å². The number of aryl methyl sites for hydroxylation is 1. The molecular formula is C38H49N5O4. The van der Waals surface area contributed by atoms with Crippen LogP contribution >= 0.6 is 0 Å². The Bertz CT molecular complexity index is 1650. The van der Waals surface area contributed by atoms with Crippen molar-refractivity contribution >= 4 is 22.9 Å². The molecule has 0 radical (unpaired) electrons. The molecule has 1 N–H and O–H groups in total. The van der Waals surface area contributed by atoms with Gasteiger partial charge in [0.25, 0.3) is 5.91 Å². The number of aromatic nitrogens is 2. The molecule has 1 atom stereocenters. The number of hydrogen-bond donors (Lipinski definition) is 1. The van der Waals surface area contributed by atoms with Crippen molar-refractivity contribution in [1.82, 2.24) is 19.4 Å². The van der Waals surface area contributed by atoms with Gasteiger partial charge >= 0.3 is 0 Å². The first-order valence-corrected chi connectivity index (χ1v) is 17.0. The summed E-state index contributed by atoms with van der Waals surface area (Å²) < 4.78 is 19.0. The highest BCUT2D eigenvalue weighted by molar-refractivity contribution is 5.95. The van der Waals surface area contributed by atoms with E-state index in [2.05, 4.69) is 63.3 Å². The summed E-state index contributed by atoms with van der Waals surface area (Å²) in [6.45, 7) is 10.7. The molecule has 250 valence electrons. The standard InChI is InChI=1S/C38H49N5O4/c1-5-47-24-23-43-33-14-10-9-13-32(33)40-37(43)39-31-15-19-41(20-16-31)21-17-38(30-11-7-6-8-12-30)18-22-42(27-38)36(44)29-25-28(2)35(46-4)34(26-29)45-3/h6-14,25-26,31H,5,15-24,27H2,1-4H3,(H,39,40). The molecule has 3 aromatic carbocycles. The van der Waals surface area contributed by atoms with Gasteiger partial charge in [-0.05, 0) is 81.5 Å². The molecule has 2 fully saturated rings. The molecule has 0 saturated carbocycles. The molecule has 47 heavy (non-hydrogen) atoms. The SMILES string of the molecule is CCOCCn1c(NC2CCN(CCC3(c4ccccc4)CCN(C(=O)c4cc(C)c(OC)c(OC)c4)C3)CC2)nc2ccccc21. The molecule has 4 aromatic rings. The topological polar surface area (TPSA) is 81.1 Å². The highest BCUT2D eigenvalue weighted by Gasteiger charge is 2.42. The highest BCUT2D eigenvalue weighted by Crippen LogP contribution is 2.40. The number of hydrogen-bond acceptors (Lipinski definition) is 7. The van der Waals surface area contributed by atoms with Crippen molar-refractivity contribution in [3.8, 4) is 11.5 Å². The highest BCUT2D eigenvalue weighted by atomic mass is 16.5. The number of nitrogens with one attached hydrogen (secondary N) is 1. The number of carbonyl (C=O) groups is 1. The third kappa shape index (κ3) is 7.11. The first-order valence-electron chi connectivity index (χ1n) is 17.0. The third-order valence-electron chi connectivity index (χ3n) is 10.1. The van der Waals surface area contributed by atoms with Crippen LogP contribution in [0.2, 0.25) is 0 Å². The number of piperidine rings is 1. The fraction of sp³-hybridized carbons (Fsp3) is 0.474. The van der Waals surface area contributed by atoms with E-state index < -0.39 is 0 Å². The second-order valence-electron chi connectivity index (χ2n) is 12.9. The second kappa shape index (κ2) is 14.8. The molecule has 0 aliphatic carbocycles.